The summed E-state index contributed by atoms with van der Waals surface area (Å²) in [5, 5.41) is 5.16. The van der Waals surface area contributed by atoms with Crippen molar-refractivity contribution in [1.29, 1.82) is 0 Å². The van der Waals surface area contributed by atoms with E-state index in [0.29, 0.717) is 5.56 Å². The van der Waals surface area contributed by atoms with E-state index in [2.05, 4.69) is 20.5 Å². The van der Waals surface area contributed by atoms with Gasteiger partial charge in [-0.2, -0.15) is 5.10 Å². The molecule has 7 nitrogen and oxygen atoms in total. The molecule has 0 saturated heterocycles. The van der Waals surface area contributed by atoms with Gasteiger partial charge in [0.2, 0.25) is 0 Å². The number of nitrogens with one attached hydrogen (secondary N) is 1. The molecule has 0 radical (unpaired) electrons. The minimum Gasteiger partial charge on any atom is -0.267 e. The number of nitrogens with zero attached hydrogens (tertiary/aromatic N) is 5. The molecule has 4 aromatic rings. The zero-order chi connectivity index (χ0) is 16.7. The summed E-state index contributed by atoms with van der Waals surface area (Å²) in [6.07, 6.45) is 4.88. The van der Waals surface area contributed by atoms with Gasteiger partial charge in [0.25, 0.3) is 5.91 Å². The van der Waals surface area contributed by atoms with Crippen LogP contribution in [0.3, 0.4) is 0 Å². The summed E-state index contributed by atoms with van der Waals surface area (Å²) < 4.78 is 3.44. The van der Waals surface area contributed by atoms with Crippen molar-refractivity contribution in [1.82, 2.24) is 24.4 Å². The highest BCUT2D eigenvalue weighted by Crippen LogP contribution is 2.17. The summed E-state index contributed by atoms with van der Waals surface area (Å²) in [4.78, 5) is 21.2. The molecule has 0 spiro atoms. The fourth-order valence-corrected chi connectivity index (χ4v) is 2.66. The normalized spacial score (nSPS) is 11.5. The van der Waals surface area contributed by atoms with Gasteiger partial charge in [0.15, 0.2) is 5.65 Å². The van der Waals surface area contributed by atoms with Crippen LogP contribution in [0.15, 0.2) is 49.1 Å². The van der Waals surface area contributed by atoms with Crippen LogP contribution in [0.2, 0.25) is 0 Å². The lowest BCUT2D eigenvalue weighted by Crippen LogP contribution is -2.22. The summed E-state index contributed by atoms with van der Waals surface area (Å²) in [7, 11) is 0. The van der Waals surface area contributed by atoms with Crippen LogP contribution in [0.4, 0.5) is 0 Å². The molecule has 3 heterocycles. The van der Waals surface area contributed by atoms with E-state index in [4.69, 9.17) is 0 Å². The number of hydrogen-bond donors (Lipinski definition) is 1. The van der Waals surface area contributed by atoms with Gasteiger partial charge in [0.1, 0.15) is 6.33 Å². The van der Waals surface area contributed by atoms with Crippen LogP contribution in [-0.2, 0) is 0 Å². The number of hydrogen-bond acceptors (Lipinski definition) is 4. The number of amides is 1. The van der Waals surface area contributed by atoms with Crippen molar-refractivity contribution in [2.24, 2.45) is 0 Å². The quantitative estimate of drug-likeness (QED) is 0.629. The Labute approximate surface area is 137 Å². The van der Waals surface area contributed by atoms with Gasteiger partial charge in [0, 0.05) is 17.6 Å². The van der Waals surface area contributed by atoms with Crippen molar-refractivity contribution in [3.8, 4) is 0 Å². The molecule has 1 N–H and O–H groups in total. The third kappa shape index (κ3) is 2.30. The topological polar surface area (TPSA) is 77.6 Å². The molecule has 0 fully saturated rings. The van der Waals surface area contributed by atoms with Crippen LogP contribution >= 0.6 is 0 Å². The standard InChI is InChI=1S/C17H16N6O/c1-11(2)23-16-12(9-20-23)7-13(8-18-16)17(24)21-22-10-19-14-5-3-4-6-15(14)22/h3-11H,1-2H3,(H,21,24). The van der Waals surface area contributed by atoms with Crippen molar-refractivity contribution in [2.75, 3.05) is 5.43 Å². The predicted octanol–water partition coefficient (Wildman–Crippen LogP) is 2.75. The molecular formula is C17H16N6O. The number of benzene rings is 1. The SMILES string of the molecule is CC(C)n1ncc2cc(C(=O)Nn3cnc4ccccc43)cnc21. The van der Waals surface area contributed by atoms with Gasteiger partial charge in [-0.3, -0.25) is 10.2 Å². The zero-order valence-electron chi connectivity index (χ0n) is 13.3. The molecule has 4 rings (SSSR count). The zero-order valence-corrected chi connectivity index (χ0v) is 13.3. The minimum atomic E-state index is -0.246. The second kappa shape index (κ2) is 5.45. The van der Waals surface area contributed by atoms with Gasteiger partial charge in [-0.15, -0.1) is 0 Å². The van der Waals surface area contributed by atoms with Gasteiger partial charge in [-0.25, -0.2) is 19.3 Å². The minimum absolute atomic E-state index is 0.215. The Bertz CT molecular complexity index is 1050. The molecule has 0 aliphatic carbocycles. The number of rotatable bonds is 3. The van der Waals surface area contributed by atoms with Crippen molar-refractivity contribution in [3.05, 3.63) is 54.6 Å². The number of imidazole rings is 1. The maximum Gasteiger partial charge on any atom is 0.271 e. The lowest BCUT2D eigenvalue weighted by Gasteiger charge is -2.08. The summed E-state index contributed by atoms with van der Waals surface area (Å²) in [5.41, 5.74) is 5.74. The Morgan fingerprint density at radius 2 is 2.00 bits per heavy atom. The number of fused-ring (bicyclic) bond motifs is 2. The molecule has 0 bridgehead atoms. The fraction of sp³-hybridized carbons (Fsp3) is 0.176. The Hall–Kier alpha value is -3.22. The van der Waals surface area contributed by atoms with E-state index in [1.165, 1.54) is 0 Å². The van der Waals surface area contributed by atoms with E-state index in [1.54, 1.807) is 29.5 Å². The molecule has 7 heteroatoms. The second-order valence-electron chi connectivity index (χ2n) is 5.86. The Kier molecular flexibility index (Phi) is 3.26. The van der Waals surface area contributed by atoms with Crippen LogP contribution in [0, 0.1) is 0 Å². The number of carbonyl (C=O) groups is 1. The summed E-state index contributed by atoms with van der Waals surface area (Å²) >= 11 is 0. The van der Waals surface area contributed by atoms with E-state index in [9.17, 15) is 4.79 Å². The third-order valence-corrected chi connectivity index (χ3v) is 3.86. The largest absolute Gasteiger partial charge is 0.271 e. The average Bonchev–Trinajstić information content (AvgIpc) is 3.18. The first kappa shape index (κ1) is 14.4. The second-order valence-corrected chi connectivity index (χ2v) is 5.86. The summed E-state index contributed by atoms with van der Waals surface area (Å²) in [6.45, 7) is 4.08. The van der Waals surface area contributed by atoms with E-state index in [0.717, 1.165) is 22.1 Å². The molecule has 0 saturated carbocycles. The molecule has 1 aromatic carbocycles. The first-order valence-corrected chi connectivity index (χ1v) is 7.70. The van der Waals surface area contributed by atoms with Crippen molar-refractivity contribution in [3.63, 3.8) is 0 Å². The molecule has 120 valence electrons. The van der Waals surface area contributed by atoms with Gasteiger partial charge in [0.05, 0.1) is 22.8 Å². The van der Waals surface area contributed by atoms with Crippen molar-refractivity contribution >= 4 is 28.0 Å². The van der Waals surface area contributed by atoms with Gasteiger partial charge < -0.3 is 0 Å². The Morgan fingerprint density at radius 1 is 1.17 bits per heavy atom. The van der Waals surface area contributed by atoms with Crippen LogP contribution in [0.1, 0.15) is 30.2 Å². The van der Waals surface area contributed by atoms with Gasteiger partial charge in [-0.1, -0.05) is 12.1 Å². The summed E-state index contributed by atoms with van der Waals surface area (Å²) in [5.74, 6) is -0.246. The molecule has 0 aliphatic heterocycles. The molecule has 0 unspecified atom stereocenters. The molecular weight excluding hydrogens is 304 g/mol. The smallest absolute Gasteiger partial charge is 0.267 e. The fourth-order valence-electron chi connectivity index (χ4n) is 2.66. The lowest BCUT2D eigenvalue weighted by molar-refractivity contribution is 0.101. The highest BCUT2D eigenvalue weighted by Gasteiger charge is 2.13. The number of aromatic nitrogens is 5. The average molecular weight is 320 g/mol. The predicted molar refractivity (Wildman–Crippen MR) is 91.3 cm³/mol. The molecule has 1 amide bonds. The number of carbonyl (C=O) groups excluding carboxylic acids is 1. The summed E-state index contributed by atoms with van der Waals surface area (Å²) in [6, 6.07) is 9.62. The van der Waals surface area contributed by atoms with Crippen molar-refractivity contribution in [2.45, 2.75) is 19.9 Å². The molecule has 0 aliphatic rings. The maximum atomic E-state index is 12.5. The van der Waals surface area contributed by atoms with E-state index in [-0.39, 0.29) is 11.9 Å². The van der Waals surface area contributed by atoms with Gasteiger partial charge in [-0.05, 0) is 32.0 Å². The Morgan fingerprint density at radius 3 is 2.83 bits per heavy atom. The highest BCUT2D eigenvalue weighted by molar-refractivity contribution is 6.02. The third-order valence-electron chi connectivity index (χ3n) is 3.86. The van der Waals surface area contributed by atoms with Gasteiger partial charge >= 0.3 is 0 Å². The van der Waals surface area contributed by atoms with Crippen LogP contribution in [0.25, 0.3) is 22.1 Å². The first-order chi connectivity index (χ1) is 11.6. The van der Waals surface area contributed by atoms with Crippen LogP contribution in [-0.4, -0.2) is 30.3 Å². The van der Waals surface area contributed by atoms with Crippen LogP contribution in [0.5, 0.6) is 0 Å². The van der Waals surface area contributed by atoms with Crippen molar-refractivity contribution < 1.29 is 4.79 Å². The van der Waals surface area contributed by atoms with Crippen LogP contribution < -0.4 is 5.43 Å². The van der Waals surface area contributed by atoms with E-state index < -0.39 is 0 Å². The molecule has 24 heavy (non-hydrogen) atoms. The molecule has 0 atom stereocenters. The highest BCUT2D eigenvalue weighted by atomic mass is 16.2. The number of para-hydroxylation sites is 2. The van der Waals surface area contributed by atoms with E-state index >= 15 is 0 Å². The monoisotopic (exact) mass is 320 g/mol. The number of pyridine rings is 1. The molecule has 3 aromatic heterocycles. The lowest BCUT2D eigenvalue weighted by atomic mass is 10.2. The van der Waals surface area contributed by atoms with E-state index in [1.807, 2.05) is 42.8 Å². The first-order valence-electron chi connectivity index (χ1n) is 7.70. The Balaban J connectivity index is 1.66. The maximum absolute atomic E-state index is 12.5.